The van der Waals surface area contributed by atoms with Gasteiger partial charge in [0.1, 0.15) is 6.61 Å². The number of aromatic nitrogens is 1. The Kier molecular flexibility index (Phi) is 5.87. The fourth-order valence-electron chi connectivity index (χ4n) is 3.37. The smallest absolute Gasteiger partial charge is 0.284 e. The molecule has 9 nitrogen and oxygen atoms in total. The summed E-state index contributed by atoms with van der Waals surface area (Å²) in [5.74, 6) is 0.716. The highest BCUT2D eigenvalue weighted by Gasteiger charge is 2.28. The van der Waals surface area contributed by atoms with E-state index in [0.29, 0.717) is 17.2 Å². The number of hydrogen-bond acceptors (Lipinski definition) is 6. The molecular formula is C24H24N4O5. The summed E-state index contributed by atoms with van der Waals surface area (Å²) in [6, 6.07) is 15.5. The fourth-order valence-corrected chi connectivity index (χ4v) is 3.37. The van der Waals surface area contributed by atoms with Crippen LogP contribution in [0, 0.1) is 10.1 Å². The van der Waals surface area contributed by atoms with Gasteiger partial charge in [-0.3, -0.25) is 14.9 Å². The Morgan fingerprint density at radius 3 is 2.64 bits per heavy atom. The van der Waals surface area contributed by atoms with Crippen molar-refractivity contribution in [2.45, 2.75) is 32.3 Å². The standard InChI is InChI=1S/C24H24N4O5/c1-24(2,3)16-6-11-20-21(13-16)33-22(15-32-20)23(29)26-25-14-19-5-4-12-27(19)17-7-9-18(10-8-17)28(30)31/h4-14,22H,15H2,1-3H3,(H,26,29)/t22-/m1/s1. The Morgan fingerprint density at radius 1 is 1.18 bits per heavy atom. The molecule has 33 heavy (non-hydrogen) atoms. The number of hydrogen-bond donors (Lipinski definition) is 1. The first kappa shape index (κ1) is 22.1. The van der Waals surface area contributed by atoms with Gasteiger partial charge in [-0.25, -0.2) is 5.43 Å². The van der Waals surface area contributed by atoms with Crippen LogP contribution in [-0.2, 0) is 10.2 Å². The number of fused-ring (bicyclic) bond motifs is 1. The third-order valence-electron chi connectivity index (χ3n) is 5.25. The van der Waals surface area contributed by atoms with Gasteiger partial charge in [0.25, 0.3) is 11.6 Å². The molecule has 2 heterocycles. The largest absolute Gasteiger partial charge is 0.485 e. The lowest BCUT2D eigenvalue weighted by Gasteiger charge is -2.27. The van der Waals surface area contributed by atoms with Crippen molar-refractivity contribution in [3.63, 3.8) is 0 Å². The molecule has 0 saturated carbocycles. The lowest BCUT2D eigenvalue weighted by Crippen LogP contribution is -2.42. The van der Waals surface area contributed by atoms with Crippen LogP contribution in [-0.4, -0.2) is 34.3 Å². The van der Waals surface area contributed by atoms with Crippen LogP contribution in [0.25, 0.3) is 5.69 Å². The van der Waals surface area contributed by atoms with Crippen molar-refractivity contribution in [1.82, 2.24) is 9.99 Å². The number of ether oxygens (including phenoxy) is 2. The number of non-ortho nitro benzene ring substituents is 1. The fraction of sp³-hybridized carbons (Fsp3) is 0.250. The zero-order valence-corrected chi connectivity index (χ0v) is 18.5. The van der Waals surface area contributed by atoms with Crippen LogP contribution in [0.3, 0.4) is 0 Å². The Hall–Kier alpha value is -4.14. The topological polar surface area (TPSA) is 108 Å². The van der Waals surface area contributed by atoms with Crippen LogP contribution < -0.4 is 14.9 Å². The molecule has 9 heteroatoms. The van der Waals surface area contributed by atoms with Crippen molar-refractivity contribution in [3.05, 3.63) is 82.2 Å². The van der Waals surface area contributed by atoms with Gasteiger partial charge in [-0.15, -0.1) is 0 Å². The zero-order chi connectivity index (χ0) is 23.6. The SMILES string of the molecule is CC(C)(C)c1ccc2c(c1)O[C@@H](C(=O)NN=Cc1cccn1-c1ccc([N+](=O)[O-])cc1)CO2. The van der Waals surface area contributed by atoms with Crippen molar-refractivity contribution in [1.29, 1.82) is 0 Å². The number of hydrazone groups is 1. The summed E-state index contributed by atoms with van der Waals surface area (Å²) < 4.78 is 13.4. The maximum atomic E-state index is 12.6. The van der Waals surface area contributed by atoms with Crippen molar-refractivity contribution >= 4 is 17.8 Å². The molecule has 1 aromatic heterocycles. The summed E-state index contributed by atoms with van der Waals surface area (Å²) in [6.45, 7) is 6.39. The van der Waals surface area contributed by atoms with Crippen molar-refractivity contribution in [2.24, 2.45) is 5.10 Å². The van der Waals surface area contributed by atoms with E-state index < -0.39 is 16.9 Å². The van der Waals surface area contributed by atoms with E-state index in [2.05, 4.69) is 31.3 Å². The molecule has 1 N–H and O–H groups in total. The zero-order valence-electron chi connectivity index (χ0n) is 18.5. The van der Waals surface area contributed by atoms with Crippen LogP contribution in [0.4, 0.5) is 5.69 Å². The predicted octanol–water partition coefficient (Wildman–Crippen LogP) is 3.97. The van der Waals surface area contributed by atoms with Gasteiger partial charge in [-0.2, -0.15) is 5.10 Å². The van der Waals surface area contributed by atoms with Gasteiger partial charge in [-0.05, 0) is 47.4 Å². The third-order valence-corrected chi connectivity index (χ3v) is 5.25. The second-order valence-corrected chi connectivity index (χ2v) is 8.64. The Morgan fingerprint density at radius 2 is 1.94 bits per heavy atom. The molecule has 0 aliphatic carbocycles. The lowest BCUT2D eigenvalue weighted by molar-refractivity contribution is -0.384. The van der Waals surface area contributed by atoms with E-state index in [1.54, 1.807) is 22.9 Å². The van der Waals surface area contributed by atoms with E-state index in [4.69, 9.17) is 9.47 Å². The third kappa shape index (κ3) is 4.87. The molecule has 3 aromatic rings. The van der Waals surface area contributed by atoms with Crippen molar-refractivity contribution in [3.8, 4) is 17.2 Å². The molecule has 0 unspecified atom stereocenters. The molecule has 1 amide bonds. The Balaban J connectivity index is 1.42. The molecule has 2 aromatic carbocycles. The van der Waals surface area contributed by atoms with Crippen molar-refractivity contribution < 1.29 is 19.2 Å². The van der Waals surface area contributed by atoms with E-state index in [0.717, 1.165) is 11.3 Å². The molecule has 1 atom stereocenters. The average Bonchev–Trinajstić information content (AvgIpc) is 3.26. The first-order valence-corrected chi connectivity index (χ1v) is 10.4. The second-order valence-electron chi connectivity index (χ2n) is 8.64. The van der Waals surface area contributed by atoms with E-state index in [-0.39, 0.29) is 17.7 Å². The number of carbonyl (C=O) groups is 1. The molecule has 170 valence electrons. The quantitative estimate of drug-likeness (QED) is 0.361. The minimum absolute atomic E-state index is 0.0132. The molecule has 4 rings (SSSR count). The monoisotopic (exact) mass is 448 g/mol. The predicted molar refractivity (Wildman–Crippen MR) is 123 cm³/mol. The molecular weight excluding hydrogens is 424 g/mol. The molecule has 0 spiro atoms. The van der Waals surface area contributed by atoms with Gasteiger partial charge in [-0.1, -0.05) is 26.8 Å². The number of amides is 1. The average molecular weight is 448 g/mol. The number of carbonyl (C=O) groups excluding carboxylic acids is 1. The van der Waals surface area contributed by atoms with E-state index in [9.17, 15) is 14.9 Å². The van der Waals surface area contributed by atoms with E-state index in [1.165, 1.54) is 18.3 Å². The van der Waals surface area contributed by atoms with Crippen molar-refractivity contribution in [2.75, 3.05) is 6.61 Å². The first-order valence-electron chi connectivity index (χ1n) is 10.4. The summed E-state index contributed by atoms with van der Waals surface area (Å²) in [5, 5.41) is 14.9. The molecule has 0 radical (unpaired) electrons. The second kappa shape index (κ2) is 8.78. The van der Waals surface area contributed by atoms with Crippen LogP contribution in [0.2, 0.25) is 0 Å². The normalized spacial score (nSPS) is 15.4. The molecule has 0 bridgehead atoms. The summed E-state index contributed by atoms with van der Waals surface area (Å²) in [5.41, 5.74) is 4.94. The minimum atomic E-state index is -0.827. The number of nitro groups is 1. The van der Waals surface area contributed by atoms with E-state index in [1.807, 2.05) is 30.3 Å². The highest BCUT2D eigenvalue weighted by Crippen LogP contribution is 2.36. The van der Waals surface area contributed by atoms with Gasteiger partial charge in [0.05, 0.1) is 16.8 Å². The maximum Gasteiger partial charge on any atom is 0.284 e. The summed E-state index contributed by atoms with van der Waals surface area (Å²) >= 11 is 0. The number of nitro benzene ring substituents is 1. The van der Waals surface area contributed by atoms with Crippen LogP contribution in [0.1, 0.15) is 32.0 Å². The van der Waals surface area contributed by atoms with E-state index >= 15 is 0 Å². The van der Waals surface area contributed by atoms with Gasteiger partial charge in [0, 0.05) is 24.0 Å². The molecule has 0 saturated heterocycles. The van der Waals surface area contributed by atoms with Crippen LogP contribution in [0.5, 0.6) is 11.5 Å². The number of nitrogens with zero attached hydrogens (tertiary/aromatic N) is 3. The molecule has 1 aliphatic rings. The number of rotatable bonds is 5. The first-order chi connectivity index (χ1) is 15.7. The minimum Gasteiger partial charge on any atom is -0.485 e. The number of nitrogens with one attached hydrogen (secondary N) is 1. The summed E-state index contributed by atoms with van der Waals surface area (Å²) in [6.07, 6.45) is 2.47. The van der Waals surface area contributed by atoms with Crippen LogP contribution in [0.15, 0.2) is 65.9 Å². The van der Waals surface area contributed by atoms with Gasteiger partial charge >= 0.3 is 0 Å². The summed E-state index contributed by atoms with van der Waals surface area (Å²) in [4.78, 5) is 23.0. The van der Waals surface area contributed by atoms with Gasteiger partial charge < -0.3 is 14.0 Å². The summed E-state index contributed by atoms with van der Waals surface area (Å²) in [7, 11) is 0. The lowest BCUT2D eigenvalue weighted by atomic mass is 9.87. The Labute approximate surface area is 190 Å². The van der Waals surface area contributed by atoms with Crippen LogP contribution >= 0.6 is 0 Å². The van der Waals surface area contributed by atoms with Gasteiger partial charge in [0.15, 0.2) is 11.5 Å². The highest BCUT2D eigenvalue weighted by atomic mass is 16.6. The molecule has 1 aliphatic heterocycles. The maximum absolute atomic E-state index is 12.6. The highest BCUT2D eigenvalue weighted by molar-refractivity contribution is 5.84. The Bertz CT molecular complexity index is 1210. The molecule has 0 fully saturated rings. The van der Waals surface area contributed by atoms with Gasteiger partial charge in [0.2, 0.25) is 6.10 Å². The number of benzene rings is 2.